The maximum absolute atomic E-state index is 13.5. The molecular weight excluding hydrogens is 408 g/mol. The molecule has 1 unspecified atom stereocenters. The van der Waals surface area contributed by atoms with Crippen LogP contribution in [0, 0.1) is 5.92 Å². The number of carbonyl (C=O) groups is 2. The number of hydrogen-bond donors (Lipinski definition) is 0. The normalized spacial score (nSPS) is 19.7. The summed E-state index contributed by atoms with van der Waals surface area (Å²) in [6.07, 6.45) is 0.750. The largest absolute Gasteiger partial charge is 0.457 e. The molecule has 2 atom stereocenters. The van der Waals surface area contributed by atoms with Gasteiger partial charge in [-0.3, -0.25) is 9.59 Å². The second-order valence-corrected chi connectivity index (χ2v) is 8.49. The zero-order valence-electron chi connectivity index (χ0n) is 18.3. The molecule has 7 heteroatoms. The van der Waals surface area contributed by atoms with Gasteiger partial charge >= 0.3 is 11.9 Å². The van der Waals surface area contributed by atoms with Gasteiger partial charge in [0.25, 0.3) is 5.56 Å². The van der Waals surface area contributed by atoms with Crippen LogP contribution in [0.25, 0.3) is 22.3 Å². The Labute approximate surface area is 185 Å². The Balaban J connectivity index is 1.72. The number of benzene rings is 1. The third-order valence-corrected chi connectivity index (χ3v) is 6.67. The zero-order chi connectivity index (χ0) is 22.6. The lowest BCUT2D eigenvalue weighted by Crippen LogP contribution is -2.48. The van der Waals surface area contributed by atoms with Crippen molar-refractivity contribution in [3.05, 3.63) is 63.4 Å². The highest BCUT2D eigenvalue weighted by molar-refractivity contribution is 5.88. The van der Waals surface area contributed by atoms with Crippen molar-refractivity contribution in [1.82, 2.24) is 9.55 Å². The molecule has 32 heavy (non-hydrogen) atoms. The van der Waals surface area contributed by atoms with E-state index in [4.69, 9.17) is 14.5 Å². The molecule has 1 aromatic carbocycles. The molecule has 2 aliphatic heterocycles. The van der Waals surface area contributed by atoms with E-state index in [-0.39, 0.29) is 24.5 Å². The molecular formula is C25H24N2O5. The van der Waals surface area contributed by atoms with Crippen LogP contribution in [-0.2, 0) is 37.8 Å². The van der Waals surface area contributed by atoms with E-state index in [1.165, 1.54) is 0 Å². The van der Waals surface area contributed by atoms with Gasteiger partial charge in [-0.15, -0.1) is 0 Å². The Hall–Kier alpha value is -3.48. The first-order valence-electron chi connectivity index (χ1n) is 11.0. The smallest absolute Gasteiger partial charge is 0.355 e. The van der Waals surface area contributed by atoms with Gasteiger partial charge in [0.2, 0.25) is 5.60 Å². The molecule has 2 aliphatic rings. The second kappa shape index (κ2) is 7.29. The molecule has 4 heterocycles. The lowest BCUT2D eigenvalue weighted by atomic mass is 9.85. The zero-order valence-corrected chi connectivity index (χ0v) is 18.3. The molecule has 0 bridgehead atoms. The summed E-state index contributed by atoms with van der Waals surface area (Å²) in [6, 6.07) is 11.6. The first-order chi connectivity index (χ1) is 15.4. The fourth-order valence-corrected chi connectivity index (χ4v) is 4.52. The number of hydrogen-bond acceptors (Lipinski definition) is 6. The highest BCUT2D eigenvalue weighted by atomic mass is 16.6. The standard InChI is InChI=1S/C25H24N2O5/c1-4-14(3)23(29)32-25(5-2)18-11-20-21-16(10-15-8-6-7-9-19(15)26-21)12-27(20)22(28)17(18)13-31-24(25)30/h6-11,14H,4-5,12-13H2,1-3H3/t14?,25-/m0/s1. The number of esters is 2. The van der Waals surface area contributed by atoms with Crippen LogP contribution in [0.1, 0.15) is 50.3 Å². The van der Waals surface area contributed by atoms with Crippen molar-refractivity contribution in [2.24, 2.45) is 5.92 Å². The van der Waals surface area contributed by atoms with Crippen LogP contribution in [0.2, 0.25) is 0 Å². The summed E-state index contributed by atoms with van der Waals surface area (Å²) in [7, 11) is 0. The summed E-state index contributed by atoms with van der Waals surface area (Å²) in [5, 5.41) is 1.00. The number of rotatable bonds is 4. The highest BCUT2D eigenvalue weighted by Crippen LogP contribution is 2.41. The molecule has 7 nitrogen and oxygen atoms in total. The average molecular weight is 432 g/mol. The fourth-order valence-electron chi connectivity index (χ4n) is 4.52. The third kappa shape index (κ3) is 2.80. The monoisotopic (exact) mass is 432 g/mol. The molecule has 2 aromatic heterocycles. The molecule has 0 N–H and O–H groups in total. The first-order valence-corrected chi connectivity index (χ1v) is 11.0. The van der Waals surface area contributed by atoms with Gasteiger partial charge in [-0.2, -0.15) is 0 Å². The second-order valence-electron chi connectivity index (χ2n) is 8.49. The van der Waals surface area contributed by atoms with Crippen molar-refractivity contribution >= 4 is 22.8 Å². The summed E-state index contributed by atoms with van der Waals surface area (Å²) in [4.78, 5) is 43.9. The van der Waals surface area contributed by atoms with Crippen molar-refractivity contribution in [2.45, 2.75) is 52.4 Å². The summed E-state index contributed by atoms with van der Waals surface area (Å²) in [6.45, 7) is 5.65. The number of para-hydroxylation sites is 1. The van der Waals surface area contributed by atoms with E-state index in [0.717, 1.165) is 16.5 Å². The van der Waals surface area contributed by atoms with Crippen molar-refractivity contribution in [1.29, 1.82) is 0 Å². The van der Waals surface area contributed by atoms with Gasteiger partial charge < -0.3 is 14.0 Å². The van der Waals surface area contributed by atoms with E-state index in [9.17, 15) is 14.4 Å². The van der Waals surface area contributed by atoms with Gasteiger partial charge in [0.05, 0.1) is 34.9 Å². The minimum absolute atomic E-state index is 0.137. The minimum Gasteiger partial charge on any atom is -0.457 e. The van der Waals surface area contributed by atoms with Crippen molar-refractivity contribution in [2.75, 3.05) is 0 Å². The lowest BCUT2D eigenvalue weighted by molar-refractivity contribution is -0.191. The average Bonchev–Trinajstić information content (AvgIpc) is 3.16. The number of carbonyl (C=O) groups excluding carboxylic acids is 2. The first kappa shape index (κ1) is 20.4. The van der Waals surface area contributed by atoms with Crippen LogP contribution in [0.3, 0.4) is 0 Å². The molecule has 3 aromatic rings. The molecule has 0 spiro atoms. The predicted molar refractivity (Wildman–Crippen MR) is 118 cm³/mol. The Bertz CT molecular complexity index is 1340. The SMILES string of the molecule is CCC(C)C(=O)O[C@]1(CC)C(=O)OCc2c1cc1n(c2=O)Cc2cc3ccccc3nc2-1. The molecule has 0 radical (unpaired) electrons. The van der Waals surface area contributed by atoms with Gasteiger partial charge in [-0.1, -0.05) is 39.0 Å². The van der Waals surface area contributed by atoms with Crippen LogP contribution < -0.4 is 5.56 Å². The van der Waals surface area contributed by atoms with Gasteiger partial charge in [-0.25, -0.2) is 9.78 Å². The molecule has 0 saturated carbocycles. The number of cyclic esters (lactones) is 1. The Kier molecular flexibility index (Phi) is 4.65. The molecule has 0 fully saturated rings. The molecule has 5 rings (SSSR count). The van der Waals surface area contributed by atoms with Gasteiger partial charge in [-0.05, 0) is 31.0 Å². The minimum atomic E-state index is -1.64. The summed E-state index contributed by atoms with van der Waals surface area (Å²) < 4.78 is 12.8. The third-order valence-electron chi connectivity index (χ3n) is 6.67. The van der Waals surface area contributed by atoms with E-state index in [2.05, 4.69) is 0 Å². The van der Waals surface area contributed by atoms with Crippen LogP contribution in [0.4, 0.5) is 0 Å². The predicted octanol–water partition coefficient (Wildman–Crippen LogP) is 3.68. The molecule has 0 saturated heterocycles. The van der Waals surface area contributed by atoms with Gasteiger partial charge in [0.15, 0.2) is 0 Å². The number of ether oxygens (including phenoxy) is 2. The number of nitrogens with zero attached hydrogens (tertiary/aromatic N) is 2. The van der Waals surface area contributed by atoms with E-state index >= 15 is 0 Å². The van der Waals surface area contributed by atoms with Gasteiger partial charge in [0, 0.05) is 16.5 Å². The topological polar surface area (TPSA) is 87.5 Å². The lowest BCUT2D eigenvalue weighted by Gasteiger charge is -2.36. The van der Waals surface area contributed by atoms with Gasteiger partial charge in [0.1, 0.15) is 6.61 Å². The van der Waals surface area contributed by atoms with Crippen molar-refractivity contribution in [3.63, 3.8) is 0 Å². The molecule has 0 aliphatic carbocycles. The Morgan fingerprint density at radius 2 is 2.03 bits per heavy atom. The van der Waals surface area contributed by atoms with E-state index in [0.29, 0.717) is 35.5 Å². The highest BCUT2D eigenvalue weighted by Gasteiger charge is 2.50. The van der Waals surface area contributed by atoms with Crippen LogP contribution in [0.5, 0.6) is 0 Å². The summed E-state index contributed by atoms with van der Waals surface area (Å²) in [5.74, 6) is -1.50. The quantitative estimate of drug-likeness (QED) is 0.457. The molecule has 0 amide bonds. The fraction of sp³-hybridized carbons (Fsp3) is 0.360. The summed E-state index contributed by atoms with van der Waals surface area (Å²) in [5.41, 5.74) is 1.98. The van der Waals surface area contributed by atoms with Crippen LogP contribution in [-0.4, -0.2) is 21.5 Å². The van der Waals surface area contributed by atoms with Crippen molar-refractivity contribution < 1.29 is 19.1 Å². The Morgan fingerprint density at radius 1 is 1.25 bits per heavy atom. The van der Waals surface area contributed by atoms with E-state index < -0.39 is 17.5 Å². The van der Waals surface area contributed by atoms with E-state index in [1.54, 1.807) is 24.5 Å². The van der Waals surface area contributed by atoms with Crippen molar-refractivity contribution in [3.8, 4) is 11.4 Å². The Morgan fingerprint density at radius 3 is 2.78 bits per heavy atom. The van der Waals surface area contributed by atoms with Crippen LogP contribution in [0.15, 0.2) is 41.2 Å². The van der Waals surface area contributed by atoms with E-state index in [1.807, 2.05) is 37.3 Å². The maximum Gasteiger partial charge on any atom is 0.355 e. The number of fused-ring (bicyclic) bond motifs is 5. The summed E-state index contributed by atoms with van der Waals surface area (Å²) >= 11 is 0. The number of aromatic nitrogens is 2. The van der Waals surface area contributed by atoms with Crippen LogP contribution >= 0.6 is 0 Å². The number of pyridine rings is 2. The molecule has 164 valence electrons. The maximum atomic E-state index is 13.5.